The van der Waals surface area contributed by atoms with Crippen LogP contribution in [0.5, 0.6) is 0 Å². The second kappa shape index (κ2) is 4.73. The average Bonchev–Trinajstić information content (AvgIpc) is 3.05. The highest BCUT2D eigenvalue weighted by Gasteiger charge is 2.23. The summed E-state index contributed by atoms with van der Waals surface area (Å²) in [6, 6.07) is 7.40. The first kappa shape index (κ1) is 10.6. The molecule has 0 radical (unpaired) electrons. The Hall–Kier alpha value is -0.930. The molecule has 2 rings (SSSR count). The number of nitrogens with one attached hydrogen (secondary N) is 1. The molecule has 0 bridgehead atoms. The molecule has 1 unspecified atom stereocenters. The van der Waals surface area contributed by atoms with Gasteiger partial charge >= 0.3 is 0 Å². The largest absolute Gasteiger partial charge is 0.375 e. The first-order valence-electron chi connectivity index (χ1n) is 5.32. The number of hydrogen-bond acceptors (Lipinski definition) is 2. The van der Waals surface area contributed by atoms with Gasteiger partial charge in [0.15, 0.2) is 0 Å². The lowest BCUT2D eigenvalue weighted by Gasteiger charge is -2.16. The topological polar surface area (TPSA) is 21.3 Å². The molecule has 0 heterocycles. The molecule has 0 saturated heterocycles. The third-order valence-electron chi connectivity index (χ3n) is 2.71. The van der Waals surface area contributed by atoms with E-state index in [4.69, 9.17) is 4.74 Å². The second-order valence-electron chi connectivity index (χ2n) is 3.93. The van der Waals surface area contributed by atoms with Crippen LogP contribution in [-0.4, -0.2) is 19.7 Å². The Balaban J connectivity index is 2.00. The fourth-order valence-corrected chi connectivity index (χ4v) is 1.62. The molecule has 1 saturated carbocycles. The number of halogens is 1. The van der Waals surface area contributed by atoms with E-state index in [0.717, 1.165) is 0 Å². The van der Waals surface area contributed by atoms with Gasteiger partial charge in [0.2, 0.25) is 0 Å². The molecule has 1 aliphatic rings. The lowest BCUT2D eigenvalue weighted by molar-refractivity contribution is 0.0988. The molecule has 1 fully saturated rings. The van der Waals surface area contributed by atoms with Crippen molar-refractivity contribution in [3.8, 4) is 0 Å². The maximum atomic E-state index is 13.5. The van der Waals surface area contributed by atoms with Crippen molar-refractivity contribution in [2.75, 3.05) is 13.7 Å². The summed E-state index contributed by atoms with van der Waals surface area (Å²) in [7, 11) is 1.62. The Morgan fingerprint density at radius 1 is 1.47 bits per heavy atom. The van der Waals surface area contributed by atoms with Crippen molar-refractivity contribution in [3.05, 3.63) is 35.6 Å². The summed E-state index contributed by atoms with van der Waals surface area (Å²) in [6.07, 6.45) is 2.27. The lowest BCUT2D eigenvalue weighted by Crippen LogP contribution is -2.25. The van der Waals surface area contributed by atoms with Crippen molar-refractivity contribution >= 4 is 0 Å². The van der Waals surface area contributed by atoms with Crippen LogP contribution in [0.15, 0.2) is 24.3 Å². The van der Waals surface area contributed by atoms with Gasteiger partial charge in [-0.2, -0.15) is 0 Å². The van der Waals surface area contributed by atoms with Crippen LogP contribution in [0.2, 0.25) is 0 Å². The minimum Gasteiger partial charge on any atom is -0.375 e. The Morgan fingerprint density at radius 3 is 2.80 bits per heavy atom. The quantitative estimate of drug-likeness (QED) is 0.803. The Morgan fingerprint density at radius 2 is 2.20 bits per heavy atom. The van der Waals surface area contributed by atoms with Gasteiger partial charge in [0.25, 0.3) is 0 Å². The number of methoxy groups -OCH3 is 1. The van der Waals surface area contributed by atoms with Gasteiger partial charge in [-0.05, 0) is 18.9 Å². The van der Waals surface area contributed by atoms with E-state index in [1.807, 2.05) is 6.07 Å². The van der Waals surface area contributed by atoms with Gasteiger partial charge in [0, 0.05) is 25.3 Å². The summed E-state index contributed by atoms with van der Waals surface area (Å²) in [5.74, 6) is -0.193. The standard InChI is InChI=1S/C12H16FNO/c1-15-12(8-14-9-6-7-9)10-4-2-3-5-11(10)13/h2-5,9,12,14H,6-8H2,1H3. The minimum atomic E-state index is -0.193. The zero-order chi connectivity index (χ0) is 10.7. The number of benzene rings is 1. The summed E-state index contributed by atoms with van der Waals surface area (Å²) in [6.45, 7) is 0.683. The van der Waals surface area contributed by atoms with E-state index in [1.165, 1.54) is 18.9 Å². The zero-order valence-electron chi connectivity index (χ0n) is 8.87. The molecule has 2 nitrogen and oxygen atoms in total. The van der Waals surface area contributed by atoms with E-state index in [2.05, 4.69) is 5.32 Å². The lowest BCUT2D eigenvalue weighted by atomic mass is 10.1. The monoisotopic (exact) mass is 209 g/mol. The Bertz CT molecular complexity index is 325. The van der Waals surface area contributed by atoms with E-state index in [9.17, 15) is 4.39 Å². The summed E-state index contributed by atoms with van der Waals surface area (Å²) >= 11 is 0. The molecule has 0 spiro atoms. The molecule has 82 valence electrons. The van der Waals surface area contributed by atoms with Crippen molar-refractivity contribution in [1.82, 2.24) is 5.32 Å². The van der Waals surface area contributed by atoms with Crippen molar-refractivity contribution in [1.29, 1.82) is 0 Å². The van der Waals surface area contributed by atoms with E-state index >= 15 is 0 Å². The Labute approximate surface area is 89.4 Å². The highest BCUT2D eigenvalue weighted by Crippen LogP contribution is 2.23. The van der Waals surface area contributed by atoms with Crippen LogP contribution < -0.4 is 5.32 Å². The first-order chi connectivity index (χ1) is 7.31. The molecule has 0 aromatic heterocycles. The number of hydrogen-bond donors (Lipinski definition) is 1. The van der Waals surface area contributed by atoms with Crippen molar-refractivity contribution in [2.45, 2.75) is 25.0 Å². The molecule has 1 aromatic rings. The van der Waals surface area contributed by atoms with Gasteiger partial charge in [0.05, 0.1) is 6.10 Å². The highest BCUT2D eigenvalue weighted by molar-refractivity contribution is 5.20. The third-order valence-corrected chi connectivity index (χ3v) is 2.71. The molecular weight excluding hydrogens is 193 g/mol. The van der Waals surface area contributed by atoms with Crippen LogP contribution in [0.1, 0.15) is 24.5 Å². The maximum Gasteiger partial charge on any atom is 0.129 e. The molecule has 15 heavy (non-hydrogen) atoms. The summed E-state index contributed by atoms with van der Waals surface area (Å²) in [5.41, 5.74) is 0.633. The van der Waals surface area contributed by atoms with Gasteiger partial charge in [-0.3, -0.25) is 0 Å². The van der Waals surface area contributed by atoms with Crippen LogP contribution >= 0.6 is 0 Å². The molecule has 1 atom stereocenters. The van der Waals surface area contributed by atoms with Crippen molar-refractivity contribution < 1.29 is 9.13 Å². The van der Waals surface area contributed by atoms with Crippen LogP contribution in [0.4, 0.5) is 4.39 Å². The van der Waals surface area contributed by atoms with Gasteiger partial charge in [-0.1, -0.05) is 18.2 Å². The van der Waals surface area contributed by atoms with E-state index in [1.54, 1.807) is 19.2 Å². The fraction of sp³-hybridized carbons (Fsp3) is 0.500. The normalized spacial score (nSPS) is 17.7. The SMILES string of the molecule is COC(CNC1CC1)c1ccccc1F. The maximum absolute atomic E-state index is 13.5. The average molecular weight is 209 g/mol. The molecular formula is C12H16FNO. The number of rotatable bonds is 5. The predicted molar refractivity (Wildman–Crippen MR) is 57.2 cm³/mol. The molecule has 0 amide bonds. The molecule has 1 aromatic carbocycles. The van der Waals surface area contributed by atoms with Gasteiger partial charge in [0.1, 0.15) is 5.82 Å². The van der Waals surface area contributed by atoms with E-state index in [-0.39, 0.29) is 11.9 Å². The fourth-order valence-electron chi connectivity index (χ4n) is 1.62. The minimum absolute atomic E-state index is 0.188. The van der Waals surface area contributed by atoms with Crippen LogP contribution in [-0.2, 0) is 4.74 Å². The molecule has 1 N–H and O–H groups in total. The molecule has 3 heteroatoms. The van der Waals surface area contributed by atoms with Crippen LogP contribution in [0.25, 0.3) is 0 Å². The first-order valence-corrected chi connectivity index (χ1v) is 5.32. The van der Waals surface area contributed by atoms with E-state index < -0.39 is 0 Å². The van der Waals surface area contributed by atoms with Crippen LogP contribution in [0.3, 0.4) is 0 Å². The van der Waals surface area contributed by atoms with Gasteiger partial charge < -0.3 is 10.1 Å². The predicted octanol–water partition coefficient (Wildman–Crippen LogP) is 2.27. The second-order valence-corrected chi connectivity index (χ2v) is 3.93. The summed E-state index contributed by atoms with van der Waals surface area (Å²) < 4.78 is 18.8. The number of ether oxygens (including phenoxy) is 1. The smallest absolute Gasteiger partial charge is 0.129 e. The highest BCUT2D eigenvalue weighted by atomic mass is 19.1. The molecule has 0 aliphatic heterocycles. The Kier molecular flexibility index (Phi) is 3.34. The van der Waals surface area contributed by atoms with Crippen molar-refractivity contribution in [3.63, 3.8) is 0 Å². The van der Waals surface area contributed by atoms with E-state index in [0.29, 0.717) is 18.2 Å². The summed E-state index contributed by atoms with van der Waals surface area (Å²) in [4.78, 5) is 0. The van der Waals surface area contributed by atoms with Gasteiger partial charge in [-0.25, -0.2) is 4.39 Å². The molecule has 1 aliphatic carbocycles. The van der Waals surface area contributed by atoms with Crippen LogP contribution in [0, 0.1) is 5.82 Å². The zero-order valence-corrected chi connectivity index (χ0v) is 8.87. The van der Waals surface area contributed by atoms with Crippen molar-refractivity contribution in [2.24, 2.45) is 0 Å². The third kappa shape index (κ3) is 2.76. The van der Waals surface area contributed by atoms with Gasteiger partial charge in [-0.15, -0.1) is 0 Å². The summed E-state index contributed by atoms with van der Waals surface area (Å²) in [5, 5.41) is 3.34.